The highest BCUT2D eigenvalue weighted by Crippen LogP contribution is 2.35. The van der Waals surface area contributed by atoms with E-state index >= 15 is 0 Å². The van der Waals surface area contributed by atoms with Gasteiger partial charge in [0.15, 0.2) is 0 Å². The van der Waals surface area contributed by atoms with Gasteiger partial charge in [0.25, 0.3) is 5.91 Å². The van der Waals surface area contributed by atoms with Gasteiger partial charge in [0.1, 0.15) is 24.2 Å². The molecule has 0 unspecified atom stereocenters. The molecule has 49 heavy (non-hydrogen) atoms. The number of imidazole rings is 1. The molecule has 0 bridgehead atoms. The number of carbonyl (C=O) groups excluding carboxylic acids is 2. The van der Waals surface area contributed by atoms with Crippen molar-refractivity contribution in [2.75, 3.05) is 13.1 Å². The van der Waals surface area contributed by atoms with Gasteiger partial charge in [0.05, 0.1) is 24.9 Å². The van der Waals surface area contributed by atoms with E-state index in [0.29, 0.717) is 17.9 Å². The first-order valence-corrected chi connectivity index (χ1v) is 16.5. The Labute approximate surface area is 288 Å². The molecular weight excluding hydrogens is 612 g/mol. The second kappa shape index (κ2) is 14.7. The van der Waals surface area contributed by atoms with Gasteiger partial charge in [-0.25, -0.2) is 9.78 Å². The molecule has 0 aliphatic carbocycles. The van der Waals surface area contributed by atoms with Crippen LogP contribution < -0.4 is 0 Å². The minimum atomic E-state index is -0.953. The quantitative estimate of drug-likeness (QED) is 0.135. The van der Waals surface area contributed by atoms with Crippen LogP contribution in [-0.4, -0.2) is 56.3 Å². The maximum Gasteiger partial charge on any atom is 0.412 e. The molecule has 2 atom stereocenters. The van der Waals surface area contributed by atoms with Gasteiger partial charge in [-0.05, 0) is 44.0 Å². The zero-order chi connectivity index (χ0) is 34.4. The van der Waals surface area contributed by atoms with Crippen molar-refractivity contribution in [3.8, 4) is 11.3 Å². The van der Waals surface area contributed by atoms with E-state index in [1.807, 2.05) is 136 Å². The number of benzene rings is 4. The first-order valence-electron chi connectivity index (χ1n) is 16.5. The lowest BCUT2D eigenvalue weighted by molar-refractivity contribution is -0.0758. The zero-order valence-corrected chi connectivity index (χ0v) is 28.2. The Kier molecular flexibility index (Phi) is 10.1. The molecule has 0 N–H and O–H groups in total. The molecule has 5 aromatic rings. The largest absolute Gasteiger partial charge is 0.444 e. The third-order valence-electron chi connectivity index (χ3n) is 8.69. The molecule has 0 spiro atoms. The Hall–Kier alpha value is -5.47. The van der Waals surface area contributed by atoms with Crippen LogP contribution in [0.3, 0.4) is 0 Å². The van der Waals surface area contributed by atoms with Gasteiger partial charge in [-0.3, -0.25) is 9.69 Å². The number of hydrogen-bond donors (Lipinski definition) is 0. The number of carbonyl (C=O) groups is 2. The average Bonchev–Trinajstić information content (AvgIpc) is 3.67. The summed E-state index contributed by atoms with van der Waals surface area (Å²) in [5, 5.41) is 0. The van der Waals surface area contributed by atoms with E-state index in [2.05, 4.69) is 23.3 Å². The molecule has 0 saturated carbocycles. The summed E-state index contributed by atoms with van der Waals surface area (Å²) < 4.78 is 14.3. The number of amides is 2. The maximum absolute atomic E-state index is 14.5. The molecule has 8 nitrogen and oxygen atoms in total. The van der Waals surface area contributed by atoms with E-state index < -0.39 is 24.0 Å². The molecule has 8 heteroatoms. The van der Waals surface area contributed by atoms with Crippen molar-refractivity contribution in [3.05, 3.63) is 162 Å². The third kappa shape index (κ3) is 7.82. The Morgan fingerprint density at radius 3 is 2.08 bits per heavy atom. The van der Waals surface area contributed by atoms with E-state index in [0.717, 1.165) is 28.0 Å². The number of aromatic nitrogens is 2. The minimum Gasteiger partial charge on any atom is -0.444 e. The molecule has 1 saturated heterocycles. The van der Waals surface area contributed by atoms with Gasteiger partial charge in [0, 0.05) is 23.9 Å². The summed E-state index contributed by atoms with van der Waals surface area (Å²) in [5.41, 5.74) is 4.11. The minimum absolute atomic E-state index is 0.154. The number of nitrogens with zero attached hydrogens (tertiary/aromatic N) is 4. The monoisotopic (exact) mass is 654 g/mol. The van der Waals surface area contributed by atoms with Gasteiger partial charge < -0.3 is 18.9 Å². The Bertz CT molecular complexity index is 1870. The SMILES string of the molecule is C=C(C)[C@H](c1nc(-c2ccccc2)cn1Cc1ccccc1)N(C[C@@H]1CN(C(=O)OCc2ccccc2)C(C)(C)O1)C(=O)c1ccccc1. The first kappa shape index (κ1) is 33.4. The van der Waals surface area contributed by atoms with E-state index in [9.17, 15) is 9.59 Å². The van der Waals surface area contributed by atoms with Gasteiger partial charge in [-0.1, -0.05) is 121 Å². The van der Waals surface area contributed by atoms with Crippen molar-refractivity contribution in [1.82, 2.24) is 19.4 Å². The highest BCUT2D eigenvalue weighted by Gasteiger charge is 2.45. The highest BCUT2D eigenvalue weighted by atomic mass is 16.6. The van der Waals surface area contributed by atoms with Crippen molar-refractivity contribution < 1.29 is 19.1 Å². The van der Waals surface area contributed by atoms with Crippen molar-refractivity contribution in [2.45, 2.75) is 51.8 Å². The lowest BCUT2D eigenvalue weighted by atomic mass is 10.0. The van der Waals surface area contributed by atoms with Crippen LogP contribution in [0.15, 0.2) is 140 Å². The fourth-order valence-corrected chi connectivity index (χ4v) is 6.32. The standard InChI is InChI=1S/C41H42N4O4/c1-30(2)37(38-42-36(33-21-13-7-14-22-33)28-43(38)25-31-17-9-5-10-18-31)44(39(46)34-23-15-8-16-24-34)26-35-27-45(41(3,4)49-35)40(47)48-29-32-19-11-6-12-20-32/h5-24,28,35,37H,1,25-27,29H2,2-4H3/t35-,37-/m1/s1. The topological polar surface area (TPSA) is 76.9 Å². The number of hydrogen-bond acceptors (Lipinski definition) is 5. The average molecular weight is 655 g/mol. The van der Waals surface area contributed by atoms with E-state index in [1.165, 1.54) is 0 Å². The second-order valence-electron chi connectivity index (χ2n) is 12.9. The van der Waals surface area contributed by atoms with Crippen LogP contribution in [0, 0.1) is 0 Å². The molecule has 0 radical (unpaired) electrons. The van der Waals surface area contributed by atoms with E-state index in [-0.39, 0.29) is 25.6 Å². The maximum atomic E-state index is 14.5. The van der Waals surface area contributed by atoms with Crippen LogP contribution in [0.4, 0.5) is 4.79 Å². The third-order valence-corrected chi connectivity index (χ3v) is 8.69. The van der Waals surface area contributed by atoms with Gasteiger partial charge in [0.2, 0.25) is 0 Å². The molecule has 2 amide bonds. The molecule has 1 aliphatic heterocycles. The summed E-state index contributed by atoms with van der Waals surface area (Å²) in [5.74, 6) is 0.506. The van der Waals surface area contributed by atoms with Crippen molar-refractivity contribution in [3.63, 3.8) is 0 Å². The van der Waals surface area contributed by atoms with Crippen LogP contribution in [0.1, 0.15) is 54.1 Å². The van der Waals surface area contributed by atoms with E-state index in [1.54, 1.807) is 9.80 Å². The van der Waals surface area contributed by atoms with Crippen LogP contribution in [0.5, 0.6) is 0 Å². The van der Waals surface area contributed by atoms with Crippen LogP contribution >= 0.6 is 0 Å². The summed E-state index contributed by atoms with van der Waals surface area (Å²) in [6, 6.07) is 38.4. The molecule has 6 rings (SSSR count). The second-order valence-corrected chi connectivity index (χ2v) is 12.9. The summed E-state index contributed by atoms with van der Waals surface area (Å²) in [7, 11) is 0. The number of rotatable bonds is 11. The molecule has 250 valence electrons. The zero-order valence-electron chi connectivity index (χ0n) is 28.2. The molecule has 4 aromatic carbocycles. The van der Waals surface area contributed by atoms with Gasteiger partial charge in [-0.15, -0.1) is 0 Å². The molecular formula is C41H42N4O4. The van der Waals surface area contributed by atoms with Crippen LogP contribution in [0.25, 0.3) is 11.3 Å². The Balaban J connectivity index is 1.35. The summed E-state index contributed by atoms with van der Waals surface area (Å²) in [6.07, 6.45) is 1.07. The molecule has 2 heterocycles. The summed E-state index contributed by atoms with van der Waals surface area (Å²) in [4.78, 5) is 36.4. The van der Waals surface area contributed by atoms with Crippen LogP contribution in [-0.2, 0) is 22.6 Å². The molecule has 1 fully saturated rings. The van der Waals surface area contributed by atoms with Crippen LogP contribution in [0.2, 0.25) is 0 Å². The molecule has 1 aliphatic rings. The lowest BCUT2D eigenvalue weighted by Gasteiger charge is -2.34. The van der Waals surface area contributed by atoms with E-state index in [4.69, 9.17) is 14.5 Å². The summed E-state index contributed by atoms with van der Waals surface area (Å²) >= 11 is 0. The van der Waals surface area contributed by atoms with Gasteiger partial charge in [-0.2, -0.15) is 0 Å². The summed E-state index contributed by atoms with van der Waals surface area (Å²) in [6.45, 7) is 11.1. The lowest BCUT2D eigenvalue weighted by Crippen LogP contribution is -2.44. The molecule has 1 aromatic heterocycles. The highest BCUT2D eigenvalue weighted by molar-refractivity contribution is 5.94. The van der Waals surface area contributed by atoms with Crippen molar-refractivity contribution in [1.29, 1.82) is 0 Å². The predicted octanol–water partition coefficient (Wildman–Crippen LogP) is 8.13. The van der Waals surface area contributed by atoms with Crippen molar-refractivity contribution in [2.24, 2.45) is 0 Å². The predicted molar refractivity (Wildman–Crippen MR) is 191 cm³/mol. The fourth-order valence-electron chi connectivity index (χ4n) is 6.32. The normalized spacial score (nSPS) is 15.8. The fraction of sp³-hybridized carbons (Fsp3) is 0.244. The smallest absolute Gasteiger partial charge is 0.412 e. The first-order chi connectivity index (χ1) is 23.7. The van der Waals surface area contributed by atoms with Crippen molar-refractivity contribution >= 4 is 12.0 Å². The van der Waals surface area contributed by atoms with Gasteiger partial charge >= 0.3 is 6.09 Å². The number of ether oxygens (including phenoxy) is 2. The Morgan fingerprint density at radius 1 is 0.898 bits per heavy atom. The Morgan fingerprint density at radius 2 is 1.47 bits per heavy atom.